The van der Waals surface area contributed by atoms with Gasteiger partial charge in [-0.25, -0.2) is 0 Å². The number of methoxy groups -OCH3 is 1. The molecule has 108 valence electrons. The second-order valence-electron chi connectivity index (χ2n) is 5.57. The van der Waals surface area contributed by atoms with Crippen LogP contribution in [0.4, 0.5) is 0 Å². The molecule has 0 aliphatic carbocycles. The van der Waals surface area contributed by atoms with Gasteiger partial charge < -0.3 is 15.0 Å². The number of aromatic nitrogens is 2. The van der Waals surface area contributed by atoms with Crippen LogP contribution in [0.3, 0.4) is 0 Å². The molecule has 0 saturated carbocycles. The van der Waals surface area contributed by atoms with E-state index in [1.807, 2.05) is 39.0 Å². The van der Waals surface area contributed by atoms with E-state index in [-0.39, 0.29) is 5.41 Å². The van der Waals surface area contributed by atoms with Crippen molar-refractivity contribution < 1.29 is 9.26 Å². The molecule has 2 rings (SSSR count). The molecule has 1 unspecified atom stereocenters. The summed E-state index contributed by atoms with van der Waals surface area (Å²) in [4.78, 5) is 4.39. The van der Waals surface area contributed by atoms with E-state index in [0.29, 0.717) is 17.5 Å². The summed E-state index contributed by atoms with van der Waals surface area (Å²) in [6.45, 7) is 6.03. The molecule has 0 spiro atoms. The van der Waals surface area contributed by atoms with Crippen LogP contribution in [0.25, 0.3) is 0 Å². The lowest BCUT2D eigenvalue weighted by Crippen LogP contribution is -2.16. The van der Waals surface area contributed by atoms with Crippen molar-refractivity contribution in [1.82, 2.24) is 10.1 Å². The average Bonchev–Trinajstić information content (AvgIpc) is 2.87. The van der Waals surface area contributed by atoms with E-state index < -0.39 is 6.04 Å². The van der Waals surface area contributed by atoms with E-state index in [0.717, 1.165) is 10.0 Å². The number of hydrogen-bond acceptors (Lipinski definition) is 5. The number of benzene rings is 1. The second-order valence-corrected chi connectivity index (χ2v) is 6.49. The van der Waals surface area contributed by atoms with Gasteiger partial charge >= 0.3 is 0 Å². The number of rotatable bonds is 3. The normalized spacial score (nSPS) is 13.3. The van der Waals surface area contributed by atoms with Gasteiger partial charge in [-0.2, -0.15) is 4.98 Å². The van der Waals surface area contributed by atoms with Crippen LogP contribution >= 0.6 is 15.9 Å². The molecule has 0 saturated heterocycles. The molecular weight excluding hydrogens is 322 g/mol. The number of nitrogens with zero attached hydrogens (tertiary/aromatic N) is 2. The molecule has 0 amide bonds. The van der Waals surface area contributed by atoms with Gasteiger partial charge in [-0.1, -0.05) is 41.9 Å². The van der Waals surface area contributed by atoms with Gasteiger partial charge in [-0.05, 0) is 18.2 Å². The Hall–Kier alpha value is -1.40. The topological polar surface area (TPSA) is 74.2 Å². The zero-order valence-corrected chi connectivity index (χ0v) is 13.6. The van der Waals surface area contributed by atoms with Crippen LogP contribution in [-0.2, 0) is 5.41 Å². The van der Waals surface area contributed by atoms with Gasteiger partial charge in [0.1, 0.15) is 5.75 Å². The number of nitrogens with two attached hydrogens (primary N) is 1. The molecular formula is C14H18BrN3O2. The van der Waals surface area contributed by atoms with Gasteiger partial charge in [0.2, 0.25) is 5.89 Å². The molecule has 0 radical (unpaired) electrons. The Morgan fingerprint density at radius 3 is 2.60 bits per heavy atom. The summed E-state index contributed by atoms with van der Waals surface area (Å²) in [5, 5.41) is 3.98. The molecule has 6 heteroatoms. The first-order valence-corrected chi connectivity index (χ1v) is 7.05. The van der Waals surface area contributed by atoms with E-state index in [2.05, 4.69) is 26.1 Å². The molecule has 20 heavy (non-hydrogen) atoms. The summed E-state index contributed by atoms with van der Waals surface area (Å²) in [5.41, 5.74) is 6.84. The smallest absolute Gasteiger partial charge is 0.232 e. The van der Waals surface area contributed by atoms with Crippen molar-refractivity contribution in [3.8, 4) is 5.75 Å². The number of halogens is 1. The molecule has 1 heterocycles. The van der Waals surface area contributed by atoms with Crippen LogP contribution in [0, 0.1) is 0 Å². The Balaban J connectivity index is 2.38. The van der Waals surface area contributed by atoms with E-state index in [1.165, 1.54) is 0 Å². The predicted octanol–water partition coefficient (Wildman–Crippen LogP) is 3.19. The van der Waals surface area contributed by atoms with Crippen molar-refractivity contribution in [3.05, 3.63) is 40.0 Å². The standard InChI is InChI=1S/C14H18BrN3O2/c1-14(2,3)13-17-12(18-20-13)11(16)9-7-8(15)5-6-10(9)19-4/h5-7,11H,16H2,1-4H3. The summed E-state index contributed by atoms with van der Waals surface area (Å²) in [7, 11) is 1.61. The molecule has 2 N–H and O–H groups in total. The highest BCUT2D eigenvalue weighted by Gasteiger charge is 2.25. The molecule has 1 aromatic carbocycles. The average molecular weight is 340 g/mol. The third-order valence-electron chi connectivity index (χ3n) is 2.89. The zero-order chi connectivity index (χ0) is 14.9. The first kappa shape index (κ1) is 15.0. The first-order chi connectivity index (χ1) is 9.32. The lowest BCUT2D eigenvalue weighted by molar-refractivity contribution is 0.317. The van der Waals surface area contributed by atoms with Crippen molar-refractivity contribution >= 4 is 15.9 Å². The van der Waals surface area contributed by atoms with Crippen molar-refractivity contribution in [3.63, 3.8) is 0 Å². The molecule has 2 aromatic rings. The minimum Gasteiger partial charge on any atom is -0.496 e. The van der Waals surface area contributed by atoms with Crippen LogP contribution in [0.5, 0.6) is 5.75 Å². The van der Waals surface area contributed by atoms with Gasteiger partial charge in [-0.3, -0.25) is 0 Å². The van der Waals surface area contributed by atoms with E-state index in [4.69, 9.17) is 15.0 Å². The minimum absolute atomic E-state index is 0.202. The molecule has 0 fully saturated rings. The maximum Gasteiger partial charge on any atom is 0.232 e. The lowest BCUT2D eigenvalue weighted by atomic mass is 9.97. The van der Waals surface area contributed by atoms with Gasteiger partial charge in [0.05, 0.1) is 13.2 Å². The van der Waals surface area contributed by atoms with Gasteiger partial charge in [0, 0.05) is 15.5 Å². The number of ether oxygens (including phenoxy) is 1. The van der Waals surface area contributed by atoms with Gasteiger partial charge in [0.25, 0.3) is 0 Å². The van der Waals surface area contributed by atoms with Crippen LogP contribution in [0.2, 0.25) is 0 Å². The Morgan fingerprint density at radius 2 is 2.05 bits per heavy atom. The SMILES string of the molecule is COc1ccc(Br)cc1C(N)c1noc(C(C)(C)C)n1. The highest BCUT2D eigenvalue weighted by atomic mass is 79.9. The Bertz CT molecular complexity index is 605. The fourth-order valence-electron chi connectivity index (χ4n) is 1.75. The highest BCUT2D eigenvalue weighted by Crippen LogP contribution is 2.31. The van der Waals surface area contributed by atoms with Crippen LogP contribution < -0.4 is 10.5 Å². The van der Waals surface area contributed by atoms with Gasteiger partial charge in [0.15, 0.2) is 5.82 Å². The molecule has 1 atom stereocenters. The minimum atomic E-state index is -0.498. The maximum atomic E-state index is 6.23. The number of hydrogen-bond donors (Lipinski definition) is 1. The third-order valence-corrected chi connectivity index (χ3v) is 3.38. The summed E-state index contributed by atoms with van der Waals surface area (Å²) in [6.07, 6.45) is 0. The highest BCUT2D eigenvalue weighted by molar-refractivity contribution is 9.10. The Kier molecular flexibility index (Phi) is 4.15. The predicted molar refractivity (Wildman–Crippen MR) is 79.7 cm³/mol. The largest absolute Gasteiger partial charge is 0.496 e. The summed E-state index contributed by atoms with van der Waals surface area (Å²) < 4.78 is 11.5. The fraction of sp³-hybridized carbons (Fsp3) is 0.429. The fourth-order valence-corrected chi connectivity index (χ4v) is 2.13. The molecule has 0 aliphatic rings. The Morgan fingerprint density at radius 1 is 1.35 bits per heavy atom. The van der Waals surface area contributed by atoms with Crippen LogP contribution in [-0.4, -0.2) is 17.3 Å². The molecule has 1 aromatic heterocycles. The second kappa shape index (κ2) is 5.54. The summed E-state index contributed by atoms with van der Waals surface area (Å²) in [6, 6.07) is 5.15. The molecule has 0 bridgehead atoms. The zero-order valence-electron chi connectivity index (χ0n) is 12.0. The van der Waals surface area contributed by atoms with Crippen molar-refractivity contribution in [2.24, 2.45) is 5.73 Å². The van der Waals surface area contributed by atoms with Crippen molar-refractivity contribution in [1.29, 1.82) is 0 Å². The summed E-state index contributed by atoms with van der Waals surface area (Å²) >= 11 is 3.43. The third kappa shape index (κ3) is 3.02. The van der Waals surface area contributed by atoms with Crippen LogP contribution in [0.15, 0.2) is 27.2 Å². The Labute approximate surface area is 126 Å². The van der Waals surface area contributed by atoms with E-state index in [1.54, 1.807) is 7.11 Å². The van der Waals surface area contributed by atoms with Crippen molar-refractivity contribution in [2.75, 3.05) is 7.11 Å². The van der Waals surface area contributed by atoms with E-state index in [9.17, 15) is 0 Å². The summed E-state index contributed by atoms with van der Waals surface area (Å²) in [5.74, 6) is 1.71. The van der Waals surface area contributed by atoms with Crippen molar-refractivity contribution in [2.45, 2.75) is 32.2 Å². The molecule has 5 nitrogen and oxygen atoms in total. The maximum absolute atomic E-state index is 6.23. The monoisotopic (exact) mass is 339 g/mol. The quantitative estimate of drug-likeness (QED) is 0.929. The van der Waals surface area contributed by atoms with Gasteiger partial charge in [-0.15, -0.1) is 0 Å². The first-order valence-electron chi connectivity index (χ1n) is 6.26. The lowest BCUT2D eigenvalue weighted by Gasteiger charge is -2.13. The van der Waals surface area contributed by atoms with E-state index >= 15 is 0 Å². The van der Waals surface area contributed by atoms with Crippen LogP contribution in [0.1, 0.15) is 44.1 Å². The molecule has 0 aliphatic heterocycles.